The Morgan fingerprint density at radius 1 is 1.33 bits per heavy atom. The Morgan fingerprint density at radius 2 is 2.00 bits per heavy atom. The van der Waals surface area contributed by atoms with Crippen molar-refractivity contribution in [1.29, 1.82) is 0 Å². The van der Waals surface area contributed by atoms with Gasteiger partial charge in [-0.25, -0.2) is 0 Å². The molecule has 0 spiro atoms. The zero-order valence-electron chi connectivity index (χ0n) is 11.3. The van der Waals surface area contributed by atoms with Crippen LogP contribution in [0.4, 0.5) is 0 Å². The molecule has 5 nitrogen and oxygen atoms in total. The van der Waals surface area contributed by atoms with E-state index in [9.17, 15) is 15.3 Å². The third kappa shape index (κ3) is 2.18. The van der Waals surface area contributed by atoms with Crippen LogP contribution in [0, 0.1) is 5.92 Å². The lowest BCUT2D eigenvalue weighted by Crippen LogP contribution is -2.68. The molecule has 0 radical (unpaired) electrons. The lowest BCUT2D eigenvalue weighted by Gasteiger charge is -2.54. The molecule has 2 fully saturated rings. The molecular formula is C13H24O5. The molecule has 1 saturated carbocycles. The van der Waals surface area contributed by atoms with Crippen molar-refractivity contribution in [2.75, 3.05) is 0 Å². The minimum absolute atomic E-state index is 0.122. The van der Waals surface area contributed by atoms with E-state index in [-0.39, 0.29) is 5.92 Å². The molecule has 18 heavy (non-hydrogen) atoms. The molecule has 106 valence electrons. The van der Waals surface area contributed by atoms with Gasteiger partial charge in [0.25, 0.3) is 0 Å². The highest BCUT2D eigenvalue weighted by Gasteiger charge is 2.58. The number of aliphatic hydroxyl groups is 3. The summed E-state index contributed by atoms with van der Waals surface area (Å²) in [6.45, 7) is 5.29. The number of rotatable bonds is 2. The molecule has 0 amide bonds. The highest BCUT2D eigenvalue weighted by molar-refractivity contribution is 4.97. The molecule has 1 aliphatic carbocycles. The lowest BCUT2D eigenvalue weighted by molar-refractivity contribution is -0.446. The third-order valence-corrected chi connectivity index (χ3v) is 4.21. The summed E-state index contributed by atoms with van der Waals surface area (Å²) in [5, 5.41) is 30.7. The fourth-order valence-electron chi connectivity index (χ4n) is 3.11. The third-order valence-electron chi connectivity index (χ3n) is 4.21. The van der Waals surface area contributed by atoms with Gasteiger partial charge in [-0.2, -0.15) is 0 Å². The van der Waals surface area contributed by atoms with E-state index in [2.05, 4.69) is 0 Å². The fraction of sp³-hybridized carbons (Fsp3) is 1.00. The second kappa shape index (κ2) is 4.72. The molecule has 3 N–H and O–H groups in total. The van der Waals surface area contributed by atoms with E-state index < -0.39 is 29.9 Å². The SMILES string of the molecule is CCC1(O)OC2C(C)CCCC2(O)OC1C(C)O. The van der Waals surface area contributed by atoms with Gasteiger partial charge in [-0.1, -0.05) is 13.8 Å². The highest BCUT2D eigenvalue weighted by Crippen LogP contribution is 2.45. The highest BCUT2D eigenvalue weighted by atomic mass is 16.7. The molecule has 0 aromatic rings. The standard InChI is InChI=1S/C13H24O5/c1-4-12(15)11(9(3)14)18-13(16)7-5-6-8(2)10(13)17-12/h8-11,14-16H,4-7H2,1-3H3. The number of fused-ring (bicyclic) bond motifs is 1. The van der Waals surface area contributed by atoms with Crippen LogP contribution in [0.2, 0.25) is 0 Å². The summed E-state index contributed by atoms with van der Waals surface area (Å²) in [6, 6.07) is 0. The molecule has 0 bridgehead atoms. The molecule has 2 rings (SSSR count). The Labute approximate surface area is 108 Å². The van der Waals surface area contributed by atoms with Crippen LogP contribution in [0.15, 0.2) is 0 Å². The topological polar surface area (TPSA) is 79.2 Å². The second-order valence-corrected chi connectivity index (χ2v) is 5.73. The van der Waals surface area contributed by atoms with E-state index in [0.29, 0.717) is 12.8 Å². The summed E-state index contributed by atoms with van der Waals surface area (Å²) < 4.78 is 11.4. The van der Waals surface area contributed by atoms with Crippen molar-refractivity contribution >= 4 is 0 Å². The summed E-state index contributed by atoms with van der Waals surface area (Å²) in [5.41, 5.74) is 0. The summed E-state index contributed by atoms with van der Waals surface area (Å²) in [7, 11) is 0. The van der Waals surface area contributed by atoms with Crippen molar-refractivity contribution in [2.24, 2.45) is 5.92 Å². The lowest BCUT2D eigenvalue weighted by atomic mass is 9.81. The van der Waals surface area contributed by atoms with Gasteiger partial charge >= 0.3 is 0 Å². The van der Waals surface area contributed by atoms with Gasteiger partial charge in [0, 0.05) is 12.8 Å². The molecule has 1 aliphatic heterocycles. The van der Waals surface area contributed by atoms with Gasteiger partial charge in [0.15, 0.2) is 11.6 Å². The van der Waals surface area contributed by atoms with Crippen LogP contribution < -0.4 is 0 Å². The van der Waals surface area contributed by atoms with Crippen molar-refractivity contribution in [1.82, 2.24) is 0 Å². The predicted molar refractivity (Wildman–Crippen MR) is 64.6 cm³/mol. The minimum atomic E-state index is -1.53. The Balaban J connectivity index is 2.28. The van der Waals surface area contributed by atoms with E-state index in [4.69, 9.17) is 9.47 Å². The molecule has 0 aromatic heterocycles. The maximum Gasteiger partial charge on any atom is 0.195 e. The molecule has 2 aliphatic rings. The number of hydrogen-bond acceptors (Lipinski definition) is 5. The van der Waals surface area contributed by atoms with Crippen molar-refractivity contribution in [2.45, 2.75) is 76.3 Å². The average molecular weight is 260 g/mol. The second-order valence-electron chi connectivity index (χ2n) is 5.73. The number of ether oxygens (including phenoxy) is 2. The largest absolute Gasteiger partial charge is 0.390 e. The molecule has 6 unspecified atom stereocenters. The quantitative estimate of drug-likeness (QED) is 0.683. The molecular weight excluding hydrogens is 236 g/mol. The van der Waals surface area contributed by atoms with Gasteiger partial charge in [0.1, 0.15) is 12.2 Å². The zero-order chi connectivity index (χ0) is 13.6. The first-order valence-electron chi connectivity index (χ1n) is 6.81. The molecule has 1 heterocycles. The Bertz CT molecular complexity index is 298. The van der Waals surface area contributed by atoms with Crippen LogP contribution in [-0.4, -0.2) is 45.2 Å². The van der Waals surface area contributed by atoms with Crippen LogP contribution in [0.3, 0.4) is 0 Å². The van der Waals surface area contributed by atoms with Crippen LogP contribution in [0.5, 0.6) is 0 Å². The molecule has 6 atom stereocenters. The first-order valence-corrected chi connectivity index (χ1v) is 6.81. The van der Waals surface area contributed by atoms with Crippen molar-refractivity contribution in [3.05, 3.63) is 0 Å². The summed E-state index contributed by atoms with van der Waals surface area (Å²) >= 11 is 0. The van der Waals surface area contributed by atoms with Gasteiger partial charge in [-0.05, 0) is 25.7 Å². The first kappa shape index (κ1) is 14.2. The maximum atomic E-state index is 10.5. The van der Waals surface area contributed by atoms with Gasteiger partial charge < -0.3 is 24.8 Å². The number of hydrogen-bond donors (Lipinski definition) is 3. The molecule has 1 saturated heterocycles. The summed E-state index contributed by atoms with van der Waals surface area (Å²) in [4.78, 5) is 0. The van der Waals surface area contributed by atoms with Crippen LogP contribution in [-0.2, 0) is 9.47 Å². The monoisotopic (exact) mass is 260 g/mol. The van der Waals surface area contributed by atoms with Crippen molar-refractivity contribution in [3.8, 4) is 0 Å². The van der Waals surface area contributed by atoms with Crippen LogP contribution in [0.1, 0.15) is 46.5 Å². The van der Waals surface area contributed by atoms with E-state index in [0.717, 1.165) is 12.8 Å². The van der Waals surface area contributed by atoms with Crippen LogP contribution >= 0.6 is 0 Å². The zero-order valence-corrected chi connectivity index (χ0v) is 11.3. The van der Waals surface area contributed by atoms with Crippen molar-refractivity contribution in [3.63, 3.8) is 0 Å². The first-order chi connectivity index (χ1) is 8.32. The fourth-order valence-corrected chi connectivity index (χ4v) is 3.11. The van der Waals surface area contributed by atoms with E-state index in [1.165, 1.54) is 6.92 Å². The Morgan fingerprint density at radius 3 is 2.56 bits per heavy atom. The average Bonchev–Trinajstić information content (AvgIpc) is 2.30. The smallest absolute Gasteiger partial charge is 0.195 e. The predicted octanol–water partition coefficient (Wildman–Crippen LogP) is 0.758. The van der Waals surface area contributed by atoms with Crippen molar-refractivity contribution < 1.29 is 24.8 Å². The maximum absolute atomic E-state index is 10.5. The van der Waals surface area contributed by atoms with Crippen LogP contribution in [0.25, 0.3) is 0 Å². The Hall–Kier alpha value is -0.200. The van der Waals surface area contributed by atoms with E-state index >= 15 is 0 Å². The van der Waals surface area contributed by atoms with Gasteiger partial charge in [-0.3, -0.25) is 0 Å². The normalized spacial score (nSPS) is 50.7. The van der Waals surface area contributed by atoms with Gasteiger partial charge in [0.05, 0.1) is 6.10 Å². The summed E-state index contributed by atoms with van der Waals surface area (Å²) in [6.07, 6.45) is 0.217. The van der Waals surface area contributed by atoms with E-state index in [1.807, 2.05) is 6.92 Å². The molecule has 0 aromatic carbocycles. The summed E-state index contributed by atoms with van der Waals surface area (Å²) in [5.74, 6) is -2.80. The Kier molecular flexibility index (Phi) is 3.73. The van der Waals surface area contributed by atoms with E-state index in [1.54, 1.807) is 6.92 Å². The van der Waals surface area contributed by atoms with Gasteiger partial charge in [0.2, 0.25) is 0 Å². The minimum Gasteiger partial charge on any atom is -0.390 e. The van der Waals surface area contributed by atoms with Gasteiger partial charge in [-0.15, -0.1) is 0 Å². The molecule has 5 heteroatoms. The number of aliphatic hydroxyl groups excluding tert-OH is 1.